The molecule has 0 unspecified atom stereocenters. The van der Waals surface area contributed by atoms with Crippen LogP contribution in [-0.2, 0) is 35.2 Å². The van der Waals surface area contributed by atoms with Crippen LogP contribution in [0.1, 0.15) is 33.4 Å². The van der Waals surface area contributed by atoms with Crippen molar-refractivity contribution in [2.75, 3.05) is 14.2 Å². The molecule has 0 radical (unpaired) electrons. The molecule has 0 aromatic heterocycles. The van der Waals surface area contributed by atoms with Gasteiger partial charge >= 0.3 is 0 Å². The lowest BCUT2D eigenvalue weighted by molar-refractivity contribution is 0.336. The lowest BCUT2D eigenvalue weighted by Crippen LogP contribution is -1.94. The van der Waals surface area contributed by atoms with Gasteiger partial charge in [-0.05, 0) is 93.1 Å². The Kier molecular flexibility index (Phi) is 9.76. The van der Waals surface area contributed by atoms with Crippen LogP contribution in [0, 0.1) is 23.7 Å². The number of fused-ring (bicyclic) bond motifs is 2. The highest BCUT2D eigenvalue weighted by Gasteiger charge is 2.07. The summed E-state index contributed by atoms with van der Waals surface area (Å²) in [5.74, 6) is 13.5. The summed E-state index contributed by atoms with van der Waals surface area (Å²) >= 11 is 0. The van der Waals surface area contributed by atoms with Gasteiger partial charge in [0.25, 0.3) is 0 Å². The summed E-state index contributed by atoms with van der Waals surface area (Å²) in [4.78, 5) is 0. The van der Waals surface area contributed by atoms with Crippen molar-refractivity contribution in [1.29, 1.82) is 0 Å². The molecule has 2 heteroatoms. The van der Waals surface area contributed by atoms with Gasteiger partial charge in [-0.2, -0.15) is 0 Å². The third kappa shape index (κ3) is 7.11. The SMILES string of the molecule is COC=CCc1ccc2ccccc2c1CC#Cc1ccc(C#CCc2c(CC=COC)ccc3ccccc23)cc1. The first kappa shape index (κ1) is 28.4. The van der Waals surface area contributed by atoms with E-state index in [2.05, 4.69) is 121 Å². The summed E-state index contributed by atoms with van der Waals surface area (Å²) < 4.78 is 10.2. The molecule has 0 spiro atoms. The summed E-state index contributed by atoms with van der Waals surface area (Å²) in [6.45, 7) is 0. The maximum absolute atomic E-state index is 5.10. The highest BCUT2D eigenvalue weighted by atomic mass is 16.5. The Morgan fingerprint density at radius 1 is 0.524 bits per heavy atom. The van der Waals surface area contributed by atoms with Gasteiger partial charge in [0, 0.05) is 24.0 Å². The van der Waals surface area contributed by atoms with Crippen LogP contribution in [0.15, 0.2) is 122 Å². The van der Waals surface area contributed by atoms with E-state index in [1.807, 2.05) is 12.2 Å². The summed E-state index contributed by atoms with van der Waals surface area (Å²) in [7, 11) is 3.34. The fourth-order valence-electron chi connectivity index (χ4n) is 5.21. The predicted octanol–water partition coefficient (Wildman–Crippen LogP) is 8.59. The average molecular weight is 547 g/mol. The van der Waals surface area contributed by atoms with Gasteiger partial charge < -0.3 is 9.47 Å². The monoisotopic (exact) mass is 546 g/mol. The van der Waals surface area contributed by atoms with Crippen LogP contribution in [0.4, 0.5) is 0 Å². The Bertz CT molecular complexity index is 1710. The Balaban J connectivity index is 1.31. The molecule has 2 nitrogen and oxygen atoms in total. The molecular formula is C40H34O2. The first-order valence-corrected chi connectivity index (χ1v) is 14.2. The second-order valence-corrected chi connectivity index (χ2v) is 10.0. The fraction of sp³-hybridized carbons (Fsp3) is 0.150. The number of hydrogen-bond acceptors (Lipinski definition) is 2. The Morgan fingerprint density at radius 2 is 0.952 bits per heavy atom. The van der Waals surface area contributed by atoms with Crippen molar-refractivity contribution in [1.82, 2.24) is 0 Å². The summed E-state index contributed by atoms with van der Waals surface area (Å²) in [6, 6.07) is 34.0. The lowest BCUT2D eigenvalue weighted by Gasteiger charge is -2.10. The van der Waals surface area contributed by atoms with E-state index in [1.165, 1.54) is 43.8 Å². The Hall–Kier alpha value is -5.18. The molecule has 0 bridgehead atoms. The normalized spacial score (nSPS) is 10.9. The quantitative estimate of drug-likeness (QED) is 0.143. The van der Waals surface area contributed by atoms with Gasteiger partial charge in [0.05, 0.1) is 26.7 Å². The standard InChI is InChI=1S/C40H34O2/c1-41-29-9-15-35-27-25-33-13-3-5-17-37(33)39(35)19-7-11-31-21-23-32(24-22-31)12-8-20-40-36(16-10-30-42-2)28-26-34-14-4-6-18-38(34)40/h3-6,9-10,13-14,17-18,21-30H,15-16,19-20H2,1-2H3. The lowest BCUT2D eigenvalue weighted by atomic mass is 9.95. The maximum atomic E-state index is 5.10. The van der Waals surface area contributed by atoms with Crippen molar-refractivity contribution >= 4 is 21.5 Å². The van der Waals surface area contributed by atoms with Crippen molar-refractivity contribution < 1.29 is 9.47 Å². The molecule has 0 aliphatic carbocycles. The van der Waals surface area contributed by atoms with Crippen LogP contribution in [0.3, 0.4) is 0 Å². The number of rotatable bonds is 8. The molecule has 0 saturated carbocycles. The fourth-order valence-corrected chi connectivity index (χ4v) is 5.21. The molecule has 0 amide bonds. The minimum Gasteiger partial charge on any atom is -0.505 e. The molecule has 5 aromatic carbocycles. The smallest absolute Gasteiger partial charge is 0.0788 e. The van der Waals surface area contributed by atoms with Gasteiger partial charge in [0.2, 0.25) is 0 Å². The summed E-state index contributed by atoms with van der Waals surface area (Å²) in [5.41, 5.74) is 7.06. The zero-order valence-electron chi connectivity index (χ0n) is 24.2. The van der Waals surface area contributed by atoms with Crippen LogP contribution in [0.2, 0.25) is 0 Å². The van der Waals surface area contributed by atoms with E-state index >= 15 is 0 Å². The molecule has 0 aliphatic rings. The molecule has 5 aromatic rings. The largest absolute Gasteiger partial charge is 0.505 e. The minimum absolute atomic E-state index is 0.687. The van der Waals surface area contributed by atoms with Crippen molar-refractivity contribution in [2.24, 2.45) is 0 Å². The molecule has 0 atom stereocenters. The minimum atomic E-state index is 0.687. The van der Waals surface area contributed by atoms with E-state index in [4.69, 9.17) is 9.47 Å². The van der Waals surface area contributed by atoms with Crippen LogP contribution >= 0.6 is 0 Å². The van der Waals surface area contributed by atoms with E-state index in [9.17, 15) is 0 Å². The van der Waals surface area contributed by atoms with E-state index < -0.39 is 0 Å². The van der Waals surface area contributed by atoms with Gasteiger partial charge in [-0.15, -0.1) is 0 Å². The van der Waals surface area contributed by atoms with Gasteiger partial charge in [0.15, 0.2) is 0 Å². The zero-order valence-corrected chi connectivity index (χ0v) is 24.2. The molecule has 0 fully saturated rings. The van der Waals surface area contributed by atoms with E-state index in [0.29, 0.717) is 12.8 Å². The second kappa shape index (κ2) is 14.5. The van der Waals surface area contributed by atoms with Crippen LogP contribution < -0.4 is 0 Å². The van der Waals surface area contributed by atoms with Gasteiger partial charge in [-0.3, -0.25) is 0 Å². The highest BCUT2D eigenvalue weighted by molar-refractivity contribution is 5.88. The predicted molar refractivity (Wildman–Crippen MR) is 175 cm³/mol. The van der Waals surface area contributed by atoms with Crippen molar-refractivity contribution in [2.45, 2.75) is 25.7 Å². The van der Waals surface area contributed by atoms with Gasteiger partial charge in [-0.25, -0.2) is 0 Å². The van der Waals surface area contributed by atoms with Gasteiger partial charge in [-0.1, -0.05) is 96.5 Å². The second-order valence-electron chi connectivity index (χ2n) is 10.0. The van der Waals surface area contributed by atoms with Crippen molar-refractivity contribution in [3.8, 4) is 23.7 Å². The summed E-state index contributed by atoms with van der Waals surface area (Å²) in [5, 5.41) is 4.98. The molecular weight excluding hydrogens is 512 g/mol. The van der Waals surface area contributed by atoms with E-state index in [1.54, 1.807) is 26.7 Å². The third-order valence-electron chi connectivity index (χ3n) is 7.30. The number of allylic oxidation sites excluding steroid dienone is 2. The first-order chi connectivity index (χ1) is 20.8. The number of ether oxygens (including phenoxy) is 2. The van der Waals surface area contributed by atoms with Gasteiger partial charge in [0.1, 0.15) is 0 Å². The Morgan fingerprint density at radius 3 is 1.38 bits per heavy atom. The Labute approximate surface area is 249 Å². The van der Waals surface area contributed by atoms with Crippen LogP contribution in [0.25, 0.3) is 21.5 Å². The molecule has 206 valence electrons. The number of methoxy groups -OCH3 is 2. The average Bonchev–Trinajstić information content (AvgIpc) is 3.03. The van der Waals surface area contributed by atoms with E-state index in [0.717, 1.165) is 24.0 Å². The van der Waals surface area contributed by atoms with Crippen molar-refractivity contribution in [3.63, 3.8) is 0 Å². The zero-order chi connectivity index (χ0) is 29.0. The highest BCUT2D eigenvalue weighted by Crippen LogP contribution is 2.25. The first-order valence-electron chi connectivity index (χ1n) is 14.2. The molecule has 0 N–H and O–H groups in total. The van der Waals surface area contributed by atoms with Crippen LogP contribution in [0.5, 0.6) is 0 Å². The van der Waals surface area contributed by atoms with Crippen LogP contribution in [-0.4, -0.2) is 14.2 Å². The summed E-state index contributed by atoms with van der Waals surface area (Å²) in [6.07, 6.45) is 10.5. The molecule has 5 rings (SSSR count). The molecule has 42 heavy (non-hydrogen) atoms. The molecule has 0 aliphatic heterocycles. The number of hydrogen-bond donors (Lipinski definition) is 0. The van der Waals surface area contributed by atoms with Crippen molar-refractivity contribution in [3.05, 3.63) is 155 Å². The molecule has 0 heterocycles. The van der Waals surface area contributed by atoms with E-state index in [-0.39, 0.29) is 0 Å². The molecule has 0 saturated heterocycles. The number of benzene rings is 5. The third-order valence-corrected chi connectivity index (χ3v) is 7.30. The topological polar surface area (TPSA) is 18.5 Å². The maximum Gasteiger partial charge on any atom is 0.0788 e.